The zero-order valence-electron chi connectivity index (χ0n) is 20.3. The Morgan fingerprint density at radius 1 is 1.05 bits per heavy atom. The molecule has 190 valence electrons. The number of carbonyl (C=O) groups is 3. The van der Waals surface area contributed by atoms with Crippen LogP contribution < -0.4 is 10.6 Å². The number of amides is 3. The number of pyridine rings is 2. The number of carbonyl (C=O) groups excluding carboxylic acids is 3. The van der Waals surface area contributed by atoms with Gasteiger partial charge >= 0.3 is 0 Å². The van der Waals surface area contributed by atoms with E-state index in [1.165, 1.54) is 0 Å². The predicted octanol–water partition coefficient (Wildman–Crippen LogP) is 4.58. The summed E-state index contributed by atoms with van der Waals surface area (Å²) in [5.74, 6) is 0.155. The van der Waals surface area contributed by atoms with Crippen molar-refractivity contribution in [1.29, 1.82) is 0 Å². The lowest BCUT2D eigenvalue weighted by atomic mass is 9.81. The molecule has 8 nitrogen and oxygen atoms in total. The summed E-state index contributed by atoms with van der Waals surface area (Å²) in [4.78, 5) is 49.9. The maximum absolute atomic E-state index is 13.7. The van der Waals surface area contributed by atoms with Gasteiger partial charge in [0.15, 0.2) is 0 Å². The van der Waals surface area contributed by atoms with E-state index < -0.39 is 6.04 Å². The summed E-state index contributed by atoms with van der Waals surface area (Å²) in [7, 11) is 0. The van der Waals surface area contributed by atoms with E-state index in [0.717, 1.165) is 31.2 Å². The highest BCUT2D eigenvalue weighted by Gasteiger charge is 2.38. The third-order valence-electron chi connectivity index (χ3n) is 7.15. The van der Waals surface area contributed by atoms with Crippen LogP contribution in [0.15, 0.2) is 67.1 Å². The van der Waals surface area contributed by atoms with Gasteiger partial charge in [0, 0.05) is 42.5 Å². The van der Waals surface area contributed by atoms with Gasteiger partial charge in [-0.2, -0.15) is 0 Å². The van der Waals surface area contributed by atoms with E-state index in [1.54, 1.807) is 53.8 Å². The molecule has 2 aromatic heterocycles. The number of hydrogen-bond donors (Lipinski definition) is 2. The lowest BCUT2D eigenvalue weighted by Crippen LogP contribution is -2.49. The predicted molar refractivity (Wildman–Crippen MR) is 141 cm³/mol. The van der Waals surface area contributed by atoms with Crippen molar-refractivity contribution in [2.24, 2.45) is 11.8 Å². The average Bonchev–Trinajstić information content (AvgIpc) is 3.00. The monoisotopic (exact) mass is 517 g/mol. The smallest absolute Gasteiger partial charge is 0.256 e. The largest absolute Gasteiger partial charge is 0.326 e. The summed E-state index contributed by atoms with van der Waals surface area (Å²) in [5, 5.41) is 6.26. The van der Waals surface area contributed by atoms with Crippen molar-refractivity contribution in [2.45, 2.75) is 38.1 Å². The van der Waals surface area contributed by atoms with Crippen LogP contribution in [0.5, 0.6) is 0 Å². The minimum atomic E-state index is -0.687. The number of halogens is 1. The number of hydrogen-bond acceptors (Lipinski definition) is 5. The molecule has 9 heteroatoms. The first-order chi connectivity index (χ1) is 18.0. The summed E-state index contributed by atoms with van der Waals surface area (Å²) in [5.41, 5.74) is 1.73. The molecule has 1 atom stereocenters. The van der Waals surface area contributed by atoms with Crippen molar-refractivity contribution in [1.82, 2.24) is 14.9 Å². The maximum Gasteiger partial charge on any atom is 0.256 e. The molecule has 0 bridgehead atoms. The third-order valence-corrected chi connectivity index (χ3v) is 7.39. The van der Waals surface area contributed by atoms with Crippen LogP contribution in [-0.4, -0.2) is 45.2 Å². The Morgan fingerprint density at radius 2 is 1.89 bits per heavy atom. The summed E-state index contributed by atoms with van der Waals surface area (Å²) in [6.07, 6.45) is 8.42. The van der Waals surface area contributed by atoms with E-state index in [4.69, 9.17) is 11.6 Å². The van der Waals surface area contributed by atoms with Gasteiger partial charge in [0.05, 0.1) is 11.3 Å². The van der Waals surface area contributed by atoms with Crippen LogP contribution in [0.4, 0.5) is 11.5 Å². The second-order valence-electron chi connectivity index (χ2n) is 9.64. The van der Waals surface area contributed by atoms with Crippen LogP contribution in [0, 0.1) is 11.8 Å². The number of fused-ring (bicyclic) bond motifs is 1. The van der Waals surface area contributed by atoms with Crippen LogP contribution in [0.2, 0.25) is 5.02 Å². The van der Waals surface area contributed by atoms with Crippen molar-refractivity contribution in [2.75, 3.05) is 17.2 Å². The highest BCUT2D eigenvalue weighted by atomic mass is 35.5. The van der Waals surface area contributed by atoms with E-state index in [-0.39, 0.29) is 29.6 Å². The fourth-order valence-corrected chi connectivity index (χ4v) is 5.34. The topological polar surface area (TPSA) is 104 Å². The van der Waals surface area contributed by atoms with Crippen LogP contribution in [0.1, 0.15) is 41.6 Å². The number of benzene rings is 1. The Morgan fingerprint density at radius 3 is 2.62 bits per heavy atom. The van der Waals surface area contributed by atoms with Gasteiger partial charge in [-0.15, -0.1) is 0 Å². The van der Waals surface area contributed by atoms with Gasteiger partial charge in [-0.1, -0.05) is 23.7 Å². The van der Waals surface area contributed by atoms with Gasteiger partial charge in [-0.05, 0) is 73.6 Å². The Balaban J connectivity index is 1.31. The van der Waals surface area contributed by atoms with Crippen LogP contribution in [-0.2, 0) is 16.0 Å². The molecule has 0 spiro atoms. The zero-order chi connectivity index (χ0) is 25.8. The molecule has 1 aromatic carbocycles. The van der Waals surface area contributed by atoms with E-state index in [9.17, 15) is 14.4 Å². The molecule has 1 aliphatic carbocycles. The molecule has 2 N–H and O–H groups in total. The summed E-state index contributed by atoms with van der Waals surface area (Å²) < 4.78 is 0. The van der Waals surface area contributed by atoms with Gasteiger partial charge in [0.1, 0.15) is 11.9 Å². The number of nitrogens with one attached hydrogen (secondary N) is 2. The highest BCUT2D eigenvalue weighted by molar-refractivity contribution is 6.31. The fraction of sp³-hybridized carbons (Fsp3) is 0.321. The van der Waals surface area contributed by atoms with E-state index in [1.807, 2.05) is 18.2 Å². The van der Waals surface area contributed by atoms with Gasteiger partial charge in [-0.25, -0.2) is 4.98 Å². The van der Waals surface area contributed by atoms with Gasteiger partial charge in [0.25, 0.3) is 5.91 Å². The minimum absolute atomic E-state index is 0.0253. The molecule has 3 amide bonds. The van der Waals surface area contributed by atoms with Gasteiger partial charge in [-0.3, -0.25) is 19.4 Å². The average molecular weight is 518 g/mol. The molecular weight excluding hydrogens is 490 g/mol. The maximum atomic E-state index is 13.7. The number of nitrogens with zero attached hydrogens (tertiary/aromatic N) is 3. The molecule has 5 rings (SSSR count). The van der Waals surface area contributed by atoms with Crippen molar-refractivity contribution in [3.63, 3.8) is 0 Å². The molecule has 37 heavy (non-hydrogen) atoms. The number of aromatic nitrogens is 2. The summed E-state index contributed by atoms with van der Waals surface area (Å²) >= 11 is 6.15. The second-order valence-corrected chi connectivity index (χ2v) is 10.1. The minimum Gasteiger partial charge on any atom is -0.326 e. The van der Waals surface area contributed by atoms with Crippen LogP contribution >= 0.6 is 11.6 Å². The van der Waals surface area contributed by atoms with Gasteiger partial charge in [0.2, 0.25) is 11.8 Å². The molecule has 1 aliphatic heterocycles. The normalized spacial score (nSPS) is 21.5. The van der Waals surface area contributed by atoms with Crippen molar-refractivity contribution in [3.05, 3.63) is 83.3 Å². The quantitative estimate of drug-likeness (QED) is 0.498. The van der Waals surface area contributed by atoms with E-state index >= 15 is 0 Å². The Bertz CT molecular complexity index is 1280. The standard InChI is InChI=1S/C28H28ClN5O3/c29-21-10-11-22-23(15-21)32-27(36)24(14-19-4-3-12-30-16-19)34(28(22)37)17-18-6-8-20(9-7-18)26(35)33-25-5-1-2-13-31-25/h1-5,10-13,15-16,18,20,24H,6-9,14,17H2,(H,32,36)(H,31,33,35). The molecule has 1 fully saturated rings. The fourth-order valence-electron chi connectivity index (χ4n) is 5.17. The Kier molecular flexibility index (Phi) is 7.46. The number of rotatable bonds is 6. The lowest BCUT2D eigenvalue weighted by molar-refractivity contribution is -0.121. The lowest BCUT2D eigenvalue weighted by Gasteiger charge is -2.35. The first-order valence-electron chi connectivity index (χ1n) is 12.5. The molecule has 3 heterocycles. The van der Waals surface area contributed by atoms with E-state index in [2.05, 4.69) is 20.6 Å². The summed E-state index contributed by atoms with van der Waals surface area (Å²) in [6, 6.07) is 13.4. The molecule has 0 saturated heterocycles. The molecule has 1 saturated carbocycles. The number of anilines is 2. The zero-order valence-corrected chi connectivity index (χ0v) is 21.0. The van der Waals surface area contributed by atoms with Crippen molar-refractivity contribution in [3.8, 4) is 0 Å². The first-order valence-corrected chi connectivity index (χ1v) is 12.9. The Hall–Kier alpha value is -3.78. The summed E-state index contributed by atoms with van der Waals surface area (Å²) in [6.45, 7) is 0.438. The first kappa shape index (κ1) is 24.9. The van der Waals surface area contributed by atoms with Crippen molar-refractivity contribution >= 4 is 40.8 Å². The van der Waals surface area contributed by atoms with Gasteiger partial charge < -0.3 is 15.5 Å². The van der Waals surface area contributed by atoms with Crippen LogP contribution in [0.25, 0.3) is 0 Å². The van der Waals surface area contributed by atoms with Crippen LogP contribution in [0.3, 0.4) is 0 Å². The van der Waals surface area contributed by atoms with Crippen molar-refractivity contribution < 1.29 is 14.4 Å². The second kappa shape index (κ2) is 11.1. The molecule has 3 aromatic rings. The third kappa shape index (κ3) is 5.80. The Labute approximate surface area is 220 Å². The van der Waals surface area contributed by atoms with E-state index in [0.29, 0.717) is 35.1 Å². The SMILES string of the molecule is O=C(Nc1ccccn1)C1CCC(CN2C(=O)c3ccc(Cl)cc3NC(=O)C2Cc2cccnc2)CC1. The molecule has 0 radical (unpaired) electrons. The molecule has 2 aliphatic rings. The highest BCUT2D eigenvalue weighted by Crippen LogP contribution is 2.33. The molecular formula is C28H28ClN5O3. The molecule has 1 unspecified atom stereocenters.